The van der Waals surface area contributed by atoms with Crippen molar-refractivity contribution in [2.75, 3.05) is 32.7 Å². The van der Waals surface area contributed by atoms with Gasteiger partial charge in [0.25, 0.3) is 0 Å². The van der Waals surface area contributed by atoms with Crippen LogP contribution in [0.5, 0.6) is 0 Å². The molecular formula is C16H27N5O. The van der Waals surface area contributed by atoms with Crippen LogP contribution in [0.1, 0.15) is 37.3 Å². The lowest BCUT2D eigenvalue weighted by molar-refractivity contribution is -0.132. The van der Waals surface area contributed by atoms with E-state index in [0.29, 0.717) is 6.54 Å². The minimum absolute atomic E-state index is 0.0762. The first-order chi connectivity index (χ1) is 10.6. The van der Waals surface area contributed by atoms with Crippen LogP contribution < -0.4 is 5.73 Å². The van der Waals surface area contributed by atoms with Crippen LogP contribution in [0.3, 0.4) is 0 Å². The van der Waals surface area contributed by atoms with Gasteiger partial charge in [0, 0.05) is 57.1 Å². The van der Waals surface area contributed by atoms with Crippen LogP contribution in [0.4, 0.5) is 0 Å². The third kappa shape index (κ3) is 3.33. The van der Waals surface area contributed by atoms with Crippen molar-refractivity contribution in [2.24, 2.45) is 12.8 Å². The largest absolute Gasteiger partial charge is 0.342 e. The zero-order chi connectivity index (χ0) is 15.5. The van der Waals surface area contributed by atoms with Gasteiger partial charge in [-0.1, -0.05) is 12.8 Å². The van der Waals surface area contributed by atoms with E-state index in [1.807, 2.05) is 29.0 Å². The molecule has 6 heteroatoms. The van der Waals surface area contributed by atoms with Crippen LogP contribution in [0.25, 0.3) is 0 Å². The maximum Gasteiger partial charge on any atom is 0.236 e. The molecule has 0 spiro atoms. The Hall–Kier alpha value is -1.40. The van der Waals surface area contributed by atoms with Crippen molar-refractivity contribution >= 4 is 5.91 Å². The second kappa shape index (κ2) is 6.79. The average Bonchev–Trinajstić information content (AvgIpc) is 2.94. The summed E-state index contributed by atoms with van der Waals surface area (Å²) in [6.45, 7) is 3.98. The number of carbonyl (C=O) groups excluding carboxylic acids is 1. The predicted molar refractivity (Wildman–Crippen MR) is 85.4 cm³/mol. The van der Waals surface area contributed by atoms with Crippen LogP contribution in [-0.4, -0.2) is 64.0 Å². The molecule has 2 saturated heterocycles. The number of carbonyl (C=O) groups is 1. The van der Waals surface area contributed by atoms with E-state index in [2.05, 4.69) is 9.88 Å². The Morgan fingerprint density at radius 3 is 2.64 bits per heavy atom. The number of aryl methyl sites for hydroxylation is 1. The third-order valence-corrected chi connectivity index (χ3v) is 4.99. The molecule has 3 heterocycles. The van der Waals surface area contributed by atoms with Crippen LogP contribution in [0.15, 0.2) is 12.5 Å². The van der Waals surface area contributed by atoms with E-state index in [9.17, 15) is 4.79 Å². The third-order valence-electron chi connectivity index (χ3n) is 4.99. The molecule has 0 aliphatic carbocycles. The van der Waals surface area contributed by atoms with Gasteiger partial charge in [-0.25, -0.2) is 4.98 Å². The number of nitrogens with zero attached hydrogens (tertiary/aromatic N) is 4. The van der Waals surface area contributed by atoms with Crippen molar-refractivity contribution < 1.29 is 4.79 Å². The Morgan fingerprint density at radius 2 is 2.00 bits per heavy atom. The second-order valence-electron chi connectivity index (χ2n) is 6.69. The molecule has 6 nitrogen and oxygen atoms in total. The molecule has 0 saturated carbocycles. The van der Waals surface area contributed by atoms with E-state index in [1.165, 1.54) is 12.8 Å². The van der Waals surface area contributed by atoms with E-state index < -0.39 is 0 Å². The van der Waals surface area contributed by atoms with Crippen molar-refractivity contribution in [3.63, 3.8) is 0 Å². The molecule has 0 bridgehead atoms. The summed E-state index contributed by atoms with van der Waals surface area (Å²) < 4.78 is 2.03. The Morgan fingerprint density at radius 1 is 1.27 bits per heavy atom. The monoisotopic (exact) mass is 305 g/mol. The molecule has 0 aromatic carbocycles. The number of imidazole rings is 1. The fourth-order valence-electron chi connectivity index (χ4n) is 3.69. The molecule has 2 aliphatic heterocycles. The van der Waals surface area contributed by atoms with Gasteiger partial charge in [-0.2, -0.15) is 0 Å². The van der Waals surface area contributed by atoms with E-state index in [4.69, 9.17) is 5.73 Å². The average molecular weight is 305 g/mol. The molecule has 2 N–H and O–H groups in total. The molecule has 1 aromatic rings. The minimum Gasteiger partial charge on any atom is -0.342 e. The first-order valence-corrected chi connectivity index (χ1v) is 8.37. The Balaban J connectivity index is 1.57. The van der Waals surface area contributed by atoms with Gasteiger partial charge in [0.15, 0.2) is 0 Å². The molecule has 2 atom stereocenters. The van der Waals surface area contributed by atoms with Gasteiger partial charge >= 0.3 is 0 Å². The maximum absolute atomic E-state index is 12.5. The number of nitrogens with two attached hydrogens (primary N) is 1. The lowest BCUT2D eigenvalue weighted by Crippen LogP contribution is -2.40. The first kappa shape index (κ1) is 15.5. The minimum atomic E-state index is 0.0762. The molecule has 22 heavy (non-hydrogen) atoms. The van der Waals surface area contributed by atoms with Crippen LogP contribution >= 0.6 is 0 Å². The normalized spacial score (nSPS) is 27.1. The highest BCUT2D eigenvalue weighted by molar-refractivity contribution is 5.78. The predicted octanol–water partition coefficient (Wildman–Crippen LogP) is 0.549. The topological polar surface area (TPSA) is 67.4 Å². The van der Waals surface area contributed by atoms with Crippen molar-refractivity contribution in [1.29, 1.82) is 0 Å². The highest BCUT2D eigenvalue weighted by Crippen LogP contribution is 2.25. The second-order valence-corrected chi connectivity index (χ2v) is 6.69. The highest BCUT2D eigenvalue weighted by atomic mass is 16.2. The van der Waals surface area contributed by atoms with Crippen molar-refractivity contribution in [2.45, 2.75) is 37.6 Å². The fourth-order valence-corrected chi connectivity index (χ4v) is 3.69. The number of hydrogen-bond acceptors (Lipinski definition) is 4. The zero-order valence-corrected chi connectivity index (χ0v) is 13.4. The van der Waals surface area contributed by atoms with Gasteiger partial charge in [-0.05, 0) is 12.8 Å². The summed E-state index contributed by atoms with van der Waals surface area (Å²) in [5, 5.41) is 0. The smallest absolute Gasteiger partial charge is 0.236 e. The van der Waals surface area contributed by atoms with Gasteiger partial charge in [-0.3, -0.25) is 9.69 Å². The summed E-state index contributed by atoms with van der Waals surface area (Å²) in [5.74, 6) is 0.532. The van der Waals surface area contributed by atoms with Gasteiger partial charge in [0.1, 0.15) is 0 Å². The van der Waals surface area contributed by atoms with Gasteiger partial charge < -0.3 is 15.2 Å². The fraction of sp³-hybridized carbons (Fsp3) is 0.750. The summed E-state index contributed by atoms with van der Waals surface area (Å²) in [5.41, 5.74) is 7.47. The molecule has 3 rings (SSSR count). The Bertz CT molecular complexity index is 506. The summed E-state index contributed by atoms with van der Waals surface area (Å²) in [6.07, 6.45) is 8.49. The van der Waals surface area contributed by atoms with E-state index in [1.54, 1.807) is 0 Å². The number of likely N-dealkylation sites (tertiary alicyclic amines) is 2. The molecule has 1 amide bonds. The molecule has 0 radical (unpaired) electrons. The summed E-state index contributed by atoms with van der Waals surface area (Å²) in [7, 11) is 2.00. The number of hydrogen-bond donors (Lipinski definition) is 1. The summed E-state index contributed by atoms with van der Waals surface area (Å²) >= 11 is 0. The standard InChI is InChI=1S/C16H27N5O/c1-19-12-18-8-15(19)13-9-20(10-14(13)17)11-16(22)21-6-4-2-3-5-7-21/h8,12-14H,2-7,9-11,17H2,1H3/t13-,14-/m1/s1. The lowest BCUT2D eigenvalue weighted by atomic mass is 10.0. The van der Waals surface area contributed by atoms with Gasteiger partial charge in [-0.15, -0.1) is 0 Å². The zero-order valence-electron chi connectivity index (χ0n) is 13.4. The van der Waals surface area contributed by atoms with Crippen LogP contribution in [0.2, 0.25) is 0 Å². The van der Waals surface area contributed by atoms with Gasteiger partial charge in [0.2, 0.25) is 5.91 Å². The summed E-state index contributed by atoms with van der Waals surface area (Å²) in [6, 6.07) is 0.0762. The molecule has 122 valence electrons. The number of aromatic nitrogens is 2. The molecule has 2 aliphatic rings. The highest BCUT2D eigenvalue weighted by Gasteiger charge is 2.34. The molecular weight excluding hydrogens is 278 g/mol. The molecule has 0 unspecified atom stereocenters. The van der Waals surface area contributed by atoms with Gasteiger partial charge in [0.05, 0.1) is 12.9 Å². The number of amides is 1. The Kier molecular flexibility index (Phi) is 4.78. The molecule has 2 fully saturated rings. The van der Waals surface area contributed by atoms with E-state index >= 15 is 0 Å². The quantitative estimate of drug-likeness (QED) is 0.885. The van der Waals surface area contributed by atoms with Crippen molar-refractivity contribution in [1.82, 2.24) is 19.4 Å². The van der Waals surface area contributed by atoms with E-state index in [0.717, 1.165) is 44.7 Å². The molecule has 1 aromatic heterocycles. The van der Waals surface area contributed by atoms with Crippen molar-refractivity contribution in [3.8, 4) is 0 Å². The SMILES string of the molecule is Cn1cncc1[C@@H]1CN(CC(=O)N2CCCCCC2)C[C@H]1N. The Labute approximate surface area is 132 Å². The lowest BCUT2D eigenvalue weighted by Gasteiger charge is -2.23. The maximum atomic E-state index is 12.5. The van der Waals surface area contributed by atoms with Crippen LogP contribution in [-0.2, 0) is 11.8 Å². The summed E-state index contributed by atoms with van der Waals surface area (Å²) in [4.78, 5) is 20.9. The van der Waals surface area contributed by atoms with Crippen LogP contribution in [0, 0.1) is 0 Å². The number of rotatable bonds is 3. The van der Waals surface area contributed by atoms with Crippen molar-refractivity contribution in [3.05, 3.63) is 18.2 Å². The van der Waals surface area contributed by atoms with E-state index in [-0.39, 0.29) is 17.9 Å². The first-order valence-electron chi connectivity index (χ1n) is 8.37.